The molecule has 0 bridgehead atoms. The number of methoxy groups -OCH3 is 1. The number of nitrogens with zero attached hydrogens (tertiary/aromatic N) is 1. The second-order valence-electron chi connectivity index (χ2n) is 5.02. The van der Waals surface area contributed by atoms with E-state index in [-0.39, 0.29) is 11.9 Å². The zero-order valence-electron chi connectivity index (χ0n) is 11.5. The van der Waals surface area contributed by atoms with Crippen molar-refractivity contribution in [1.29, 1.82) is 0 Å². The zero-order valence-corrected chi connectivity index (χ0v) is 12.2. The molecule has 0 saturated carbocycles. The highest BCUT2D eigenvalue weighted by molar-refractivity contribution is 6.30. The summed E-state index contributed by atoms with van der Waals surface area (Å²) in [6.45, 7) is 1.37. The first-order valence-electron chi connectivity index (χ1n) is 6.72. The minimum absolute atomic E-state index is 0.0261. The first-order chi connectivity index (χ1) is 9.60. The first kappa shape index (κ1) is 14.9. The highest BCUT2D eigenvalue weighted by Gasteiger charge is 2.25. The molecule has 1 aromatic carbocycles. The van der Waals surface area contributed by atoms with Crippen LogP contribution in [0.1, 0.15) is 29.6 Å². The molecule has 20 heavy (non-hydrogen) atoms. The maximum Gasteiger partial charge on any atom is 0.305 e. The van der Waals surface area contributed by atoms with Gasteiger partial charge in [0.1, 0.15) is 0 Å². The molecule has 1 amide bonds. The van der Waals surface area contributed by atoms with Gasteiger partial charge in [0.15, 0.2) is 0 Å². The van der Waals surface area contributed by atoms with Crippen LogP contribution in [-0.2, 0) is 9.53 Å². The monoisotopic (exact) mass is 295 g/mol. The van der Waals surface area contributed by atoms with Gasteiger partial charge in [0.2, 0.25) is 0 Å². The number of likely N-dealkylation sites (tertiary alicyclic amines) is 1. The first-order valence-corrected chi connectivity index (χ1v) is 7.09. The number of carbonyl (C=O) groups excluding carboxylic acids is 2. The van der Waals surface area contributed by atoms with Crippen LogP contribution in [0.25, 0.3) is 0 Å². The van der Waals surface area contributed by atoms with E-state index in [0.29, 0.717) is 36.0 Å². The van der Waals surface area contributed by atoms with Gasteiger partial charge in [0.25, 0.3) is 5.91 Å². The summed E-state index contributed by atoms with van der Waals surface area (Å²) in [4.78, 5) is 25.4. The van der Waals surface area contributed by atoms with Gasteiger partial charge in [-0.3, -0.25) is 9.59 Å². The van der Waals surface area contributed by atoms with Gasteiger partial charge in [-0.1, -0.05) is 11.6 Å². The largest absolute Gasteiger partial charge is 0.469 e. The number of hydrogen-bond donors (Lipinski definition) is 0. The topological polar surface area (TPSA) is 46.6 Å². The van der Waals surface area contributed by atoms with E-state index >= 15 is 0 Å². The van der Waals surface area contributed by atoms with Gasteiger partial charge in [0.05, 0.1) is 7.11 Å². The van der Waals surface area contributed by atoms with Crippen molar-refractivity contribution in [1.82, 2.24) is 4.90 Å². The molecule has 2 rings (SSSR count). The Labute approximate surface area is 123 Å². The third-order valence-electron chi connectivity index (χ3n) is 3.68. The molecule has 5 heteroatoms. The van der Waals surface area contributed by atoms with Crippen molar-refractivity contribution < 1.29 is 14.3 Å². The van der Waals surface area contributed by atoms with Gasteiger partial charge in [0, 0.05) is 30.1 Å². The van der Waals surface area contributed by atoms with E-state index < -0.39 is 0 Å². The van der Waals surface area contributed by atoms with Crippen LogP contribution < -0.4 is 0 Å². The van der Waals surface area contributed by atoms with E-state index in [1.807, 2.05) is 4.90 Å². The summed E-state index contributed by atoms with van der Waals surface area (Å²) in [7, 11) is 1.40. The third-order valence-corrected chi connectivity index (χ3v) is 3.93. The van der Waals surface area contributed by atoms with Crippen LogP contribution in [0.4, 0.5) is 0 Å². The Kier molecular flexibility index (Phi) is 5.01. The van der Waals surface area contributed by atoms with Gasteiger partial charge >= 0.3 is 5.97 Å². The third kappa shape index (κ3) is 3.73. The molecule has 0 N–H and O–H groups in total. The van der Waals surface area contributed by atoms with Crippen molar-refractivity contribution in [2.24, 2.45) is 5.92 Å². The van der Waals surface area contributed by atoms with E-state index in [2.05, 4.69) is 4.74 Å². The summed E-state index contributed by atoms with van der Waals surface area (Å²) < 4.78 is 4.68. The predicted octanol–water partition coefficient (Wildman–Crippen LogP) is 2.76. The molecule has 0 spiro atoms. The summed E-state index contributed by atoms with van der Waals surface area (Å²) in [5.74, 6) is 0.169. The molecule has 1 aliphatic rings. The Morgan fingerprint density at radius 3 is 2.40 bits per heavy atom. The standard InChI is InChI=1S/C15H18ClNO3/c1-20-14(18)10-11-6-8-17(9-7-11)15(19)12-2-4-13(16)5-3-12/h2-5,11H,6-10H2,1H3. The summed E-state index contributed by atoms with van der Waals surface area (Å²) in [6, 6.07) is 6.92. The molecule has 0 aliphatic carbocycles. The number of halogens is 1. The summed E-state index contributed by atoms with van der Waals surface area (Å²) in [5, 5.41) is 0.623. The van der Waals surface area contributed by atoms with Crippen LogP contribution in [0.5, 0.6) is 0 Å². The molecule has 1 heterocycles. The Morgan fingerprint density at radius 2 is 1.85 bits per heavy atom. The molecule has 0 unspecified atom stereocenters. The number of benzene rings is 1. The number of hydrogen-bond acceptors (Lipinski definition) is 3. The maximum absolute atomic E-state index is 12.3. The number of ether oxygens (including phenoxy) is 1. The molecule has 1 aliphatic heterocycles. The Bertz CT molecular complexity index is 478. The average molecular weight is 296 g/mol. The number of rotatable bonds is 3. The fourth-order valence-electron chi connectivity index (χ4n) is 2.43. The number of carbonyl (C=O) groups is 2. The molecule has 0 aromatic heterocycles. The fraction of sp³-hybridized carbons (Fsp3) is 0.467. The molecule has 108 valence electrons. The van der Waals surface area contributed by atoms with Crippen molar-refractivity contribution in [3.63, 3.8) is 0 Å². The minimum atomic E-state index is -0.174. The van der Waals surface area contributed by atoms with E-state index in [1.165, 1.54) is 7.11 Å². The molecule has 1 aromatic rings. The SMILES string of the molecule is COC(=O)CC1CCN(C(=O)c2ccc(Cl)cc2)CC1. The van der Waals surface area contributed by atoms with Crippen LogP contribution in [-0.4, -0.2) is 37.0 Å². The minimum Gasteiger partial charge on any atom is -0.469 e. The smallest absolute Gasteiger partial charge is 0.305 e. The molecule has 0 radical (unpaired) electrons. The summed E-state index contributed by atoms with van der Waals surface area (Å²) in [5.41, 5.74) is 0.654. The number of esters is 1. The lowest BCUT2D eigenvalue weighted by atomic mass is 9.93. The molecule has 1 fully saturated rings. The lowest BCUT2D eigenvalue weighted by Gasteiger charge is -2.31. The second-order valence-corrected chi connectivity index (χ2v) is 5.46. The lowest BCUT2D eigenvalue weighted by Crippen LogP contribution is -2.38. The predicted molar refractivity (Wildman–Crippen MR) is 76.7 cm³/mol. The molecule has 4 nitrogen and oxygen atoms in total. The molecular weight excluding hydrogens is 278 g/mol. The highest BCUT2D eigenvalue weighted by atomic mass is 35.5. The molecular formula is C15H18ClNO3. The summed E-state index contributed by atoms with van der Waals surface area (Å²) in [6.07, 6.45) is 2.13. The maximum atomic E-state index is 12.3. The van der Waals surface area contributed by atoms with Crippen molar-refractivity contribution in [3.05, 3.63) is 34.9 Å². The van der Waals surface area contributed by atoms with Crippen molar-refractivity contribution in [3.8, 4) is 0 Å². The average Bonchev–Trinajstić information content (AvgIpc) is 2.48. The Morgan fingerprint density at radius 1 is 1.25 bits per heavy atom. The fourth-order valence-corrected chi connectivity index (χ4v) is 2.56. The number of amides is 1. The number of piperidine rings is 1. The highest BCUT2D eigenvalue weighted by Crippen LogP contribution is 2.22. The van der Waals surface area contributed by atoms with Crippen LogP contribution in [0, 0.1) is 5.92 Å². The van der Waals surface area contributed by atoms with Crippen LogP contribution >= 0.6 is 11.6 Å². The normalized spacial score (nSPS) is 16.0. The van der Waals surface area contributed by atoms with E-state index in [4.69, 9.17) is 11.6 Å². The van der Waals surface area contributed by atoms with Crippen LogP contribution in [0.15, 0.2) is 24.3 Å². The van der Waals surface area contributed by atoms with Crippen LogP contribution in [0.2, 0.25) is 5.02 Å². The molecule has 1 saturated heterocycles. The van der Waals surface area contributed by atoms with Crippen molar-refractivity contribution in [2.75, 3.05) is 20.2 Å². The Balaban J connectivity index is 1.88. The quantitative estimate of drug-likeness (QED) is 0.806. The van der Waals surface area contributed by atoms with E-state index in [1.54, 1.807) is 24.3 Å². The van der Waals surface area contributed by atoms with Gasteiger partial charge in [-0.25, -0.2) is 0 Å². The lowest BCUT2D eigenvalue weighted by molar-refractivity contribution is -0.142. The van der Waals surface area contributed by atoms with Crippen LogP contribution in [0.3, 0.4) is 0 Å². The molecule has 0 atom stereocenters. The van der Waals surface area contributed by atoms with Crippen molar-refractivity contribution in [2.45, 2.75) is 19.3 Å². The van der Waals surface area contributed by atoms with Gasteiger partial charge in [-0.15, -0.1) is 0 Å². The van der Waals surface area contributed by atoms with Gasteiger partial charge in [-0.2, -0.15) is 0 Å². The summed E-state index contributed by atoms with van der Waals surface area (Å²) >= 11 is 5.81. The van der Waals surface area contributed by atoms with E-state index in [9.17, 15) is 9.59 Å². The van der Waals surface area contributed by atoms with Gasteiger partial charge < -0.3 is 9.64 Å². The van der Waals surface area contributed by atoms with Gasteiger partial charge in [-0.05, 0) is 43.0 Å². The Hall–Kier alpha value is -1.55. The van der Waals surface area contributed by atoms with E-state index in [0.717, 1.165) is 12.8 Å². The second kappa shape index (κ2) is 6.75. The zero-order chi connectivity index (χ0) is 14.5. The van der Waals surface area contributed by atoms with Crippen molar-refractivity contribution >= 4 is 23.5 Å².